The van der Waals surface area contributed by atoms with Gasteiger partial charge < -0.3 is 10.6 Å². The van der Waals surface area contributed by atoms with Crippen LogP contribution >= 0.6 is 0 Å². The van der Waals surface area contributed by atoms with E-state index in [-0.39, 0.29) is 11.6 Å². The van der Waals surface area contributed by atoms with Crippen molar-refractivity contribution in [2.75, 3.05) is 0 Å². The van der Waals surface area contributed by atoms with Crippen molar-refractivity contribution in [1.29, 1.82) is 0 Å². The molecule has 0 saturated heterocycles. The Morgan fingerprint density at radius 3 is 2.40 bits per heavy atom. The normalized spacial score (nSPS) is 37.9. The molecule has 0 radical (unpaired) electrons. The quantitative estimate of drug-likeness (QED) is 0.766. The van der Waals surface area contributed by atoms with Crippen LogP contribution in [0.2, 0.25) is 0 Å². The van der Waals surface area contributed by atoms with Crippen LogP contribution in [0.4, 0.5) is 4.79 Å². The van der Waals surface area contributed by atoms with E-state index in [1.165, 1.54) is 19.3 Å². The van der Waals surface area contributed by atoms with Crippen molar-refractivity contribution in [1.82, 2.24) is 31.3 Å². The van der Waals surface area contributed by atoms with Crippen LogP contribution in [0.15, 0.2) is 0 Å². The van der Waals surface area contributed by atoms with Crippen molar-refractivity contribution in [3.8, 4) is 0 Å². The Hall–Kier alpha value is -1.66. The average molecular weight is 276 g/mol. The molecular weight excluding hydrogens is 256 g/mol. The number of nitrogens with zero attached hydrogens (tertiary/aromatic N) is 3. The maximum absolute atomic E-state index is 12.1. The molecular formula is C13H20N6O. The highest BCUT2D eigenvalue weighted by atomic mass is 16.2. The molecule has 0 unspecified atom stereocenters. The Balaban J connectivity index is 1.37. The third-order valence-electron chi connectivity index (χ3n) is 5.21. The fourth-order valence-corrected chi connectivity index (χ4v) is 4.97. The number of H-pyrrole nitrogens is 1. The lowest BCUT2D eigenvalue weighted by Crippen LogP contribution is -2.61. The van der Waals surface area contributed by atoms with Crippen molar-refractivity contribution >= 4 is 6.03 Å². The van der Waals surface area contributed by atoms with Gasteiger partial charge in [-0.25, -0.2) is 4.79 Å². The first kappa shape index (κ1) is 12.1. The summed E-state index contributed by atoms with van der Waals surface area (Å²) in [4.78, 5) is 12.1. The third kappa shape index (κ3) is 2.14. The van der Waals surface area contributed by atoms with E-state index in [0.717, 1.165) is 37.0 Å². The summed E-state index contributed by atoms with van der Waals surface area (Å²) in [6, 6.07) is -0.100. The number of aromatic amines is 1. The fourth-order valence-electron chi connectivity index (χ4n) is 4.97. The molecule has 1 aromatic rings. The SMILES string of the molecule is O=C(NCc1nn[nH]n1)NC12CC3CC(CC(C3)C1)C2. The summed E-state index contributed by atoms with van der Waals surface area (Å²) in [7, 11) is 0. The highest BCUT2D eigenvalue weighted by Crippen LogP contribution is 2.55. The average Bonchev–Trinajstić information content (AvgIpc) is 2.87. The maximum Gasteiger partial charge on any atom is 0.315 e. The molecule has 0 aliphatic heterocycles. The van der Waals surface area contributed by atoms with Crippen LogP contribution in [-0.4, -0.2) is 32.2 Å². The van der Waals surface area contributed by atoms with Gasteiger partial charge in [-0.05, 0) is 56.3 Å². The number of rotatable bonds is 3. The van der Waals surface area contributed by atoms with Crippen molar-refractivity contribution < 1.29 is 4.79 Å². The fraction of sp³-hybridized carbons (Fsp3) is 0.846. The monoisotopic (exact) mass is 276 g/mol. The Bertz CT molecular complexity index is 464. The van der Waals surface area contributed by atoms with E-state index < -0.39 is 0 Å². The summed E-state index contributed by atoms with van der Waals surface area (Å²) >= 11 is 0. The Kier molecular flexibility index (Phi) is 2.68. The molecule has 4 aliphatic carbocycles. The number of tetrazole rings is 1. The third-order valence-corrected chi connectivity index (χ3v) is 5.21. The van der Waals surface area contributed by atoms with Crippen molar-refractivity contribution in [3.63, 3.8) is 0 Å². The molecule has 4 saturated carbocycles. The molecule has 5 rings (SSSR count). The molecule has 4 aliphatic rings. The van der Waals surface area contributed by atoms with Gasteiger partial charge in [0, 0.05) is 5.54 Å². The standard InChI is InChI=1S/C13H20N6O/c20-12(14-7-11-16-18-19-17-11)15-13-4-8-1-9(5-13)3-10(2-8)6-13/h8-10H,1-7H2,(H2,14,15,20)(H,16,17,18,19). The lowest BCUT2D eigenvalue weighted by atomic mass is 9.53. The van der Waals surface area contributed by atoms with Gasteiger partial charge in [-0.15, -0.1) is 10.2 Å². The number of carbonyl (C=O) groups excluding carboxylic acids is 1. The van der Waals surface area contributed by atoms with Gasteiger partial charge in [-0.1, -0.05) is 5.21 Å². The number of aromatic nitrogens is 4. The largest absolute Gasteiger partial charge is 0.333 e. The number of nitrogens with one attached hydrogen (secondary N) is 3. The van der Waals surface area contributed by atoms with Gasteiger partial charge in [0.1, 0.15) is 0 Å². The molecule has 108 valence electrons. The second-order valence-electron chi connectivity index (χ2n) is 6.83. The minimum Gasteiger partial charge on any atom is -0.333 e. The van der Waals surface area contributed by atoms with Gasteiger partial charge in [-0.3, -0.25) is 0 Å². The van der Waals surface area contributed by atoms with E-state index in [4.69, 9.17) is 0 Å². The summed E-state index contributed by atoms with van der Waals surface area (Å²) in [5.74, 6) is 3.00. The molecule has 7 heteroatoms. The number of hydrogen-bond donors (Lipinski definition) is 3. The zero-order valence-electron chi connectivity index (χ0n) is 11.4. The maximum atomic E-state index is 12.1. The van der Waals surface area contributed by atoms with E-state index in [0.29, 0.717) is 12.4 Å². The van der Waals surface area contributed by atoms with E-state index in [1.807, 2.05) is 0 Å². The predicted molar refractivity (Wildman–Crippen MR) is 70.5 cm³/mol. The number of hydrogen-bond acceptors (Lipinski definition) is 4. The lowest BCUT2D eigenvalue weighted by molar-refractivity contribution is -0.0135. The first-order valence-corrected chi connectivity index (χ1v) is 7.49. The van der Waals surface area contributed by atoms with Crippen LogP contribution in [0.3, 0.4) is 0 Å². The van der Waals surface area contributed by atoms with Gasteiger partial charge in [0.05, 0.1) is 6.54 Å². The Morgan fingerprint density at radius 2 is 1.85 bits per heavy atom. The summed E-state index contributed by atoms with van der Waals surface area (Å²) in [6.45, 7) is 0.314. The van der Waals surface area contributed by atoms with Gasteiger partial charge in [0.25, 0.3) is 0 Å². The number of carbonyl (C=O) groups is 1. The molecule has 7 nitrogen and oxygen atoms in total. The van der Waals surface area contributed by atoms with Crippen LogP contribution in [0.5, 0.6) is 0 Å². The van der Waals surface area contributed by atoms with E-state index >= 15 is 0 Å². The number of amides is 2. The zero-order valence-corrected chi connectivity index (χ0v) is 11.4. The molecule has 1 heterocycles. The first-order valence-electron chi connectivity index (χ1n) is 7.49. The second kappa shape index (κ2) is 4.43. The molecule has 20 heavy (non-hydrogen) atoms. The van der Waals surface area contributed by atoms with E-state index in [1.54, 1.807) is 0 Å². The van der Waals surface area contributed by atoms with Crippen LogP contribution in [0.25, 0.3) is 0 Å². The second-order valence-corrected chi connectivity index (χ2v) is 6.83. The van der Waals surface area contributed by atoms with E-state index in [9.17, 15) is 4.79 Å². The zero-order chi connectivity index (χ0) is 13.6. The van der Waals surface area contributed by atoms with Crippen molar-refractivity contribution in [2.45, 2.75) is 50.6 Å². The smallest absolute Gasteiger partial charge is 0.315 e. The highest BCUT2D eigenvalue weighted by molar-refractivity contribution is 5.74. The van der Waals surface area contributed by atoms with Crippen molar-refractivity contribution in [3.05, 3.63) is 5.82 Å². The van der Waals surface area contributed by atoms with Crippen LogP contribution in [0.1, 0.15) is 44.3 Å². The van der Waals surface area contributed by atoms with Gasteiger partial charge in [0.15, 0.2) is 5.82 Å². The minimum atomic E-state index is -0.100. The molecule has 1 aromatic heterocycles. The van der Waals surface area contributed by atoms with E-state index in [2.05, 4.69) is 31.3 Å². The van der Waals surface area contributed by atoms with Gasteiger partial charge >= 0.3 is 6.03 Å². The number of urea groups is 1. The highest BCUT2D eigenvalue weighted by Gasteiger charge is 2.51. The minimum absolute atomic E-state index is 0.0517. The summed E-state index contributed by atoms with van der Waals surface area (Å²) in [5.41, 5.74) is 0.0517. The first-order chi connectivity index (χ1) is 9.71. The molecule has 0 atom stereocenters. The predicted octanol–water partition coefficient (Wildman–Crippen LogP) is 0.968. The Morgan fingerprint density at radius 1 is 1.20 bits per heavy atom. The van der Waals surface area contributed by atoms with Crippen LogP contribution < -0.4 is 10.6 Å². The topological polar surface area (TPSA) is 95.6 Å². The molecule has 2 amide bonds. The van der Waals surface area contributed by atoms with Crippen LogP contribution in [-0.2, 0) is 6.54 Å². The molecule has 0 spiro atoms. The Labute approximate surface area is 117 Å². The van der Waals surface area contributed by atoms with Gasteiger partial charge in [0.2, 0.25) is 0 Å². The molecule has 4 bridgehead atoms. The van der Waals surface area contributed by atoms with Crippen molar-refractivity contribution in [2.24, 2.45) is 17.8 Å². The molecule has 0 aromatic carbocycles. The summed E-state index contributed by atoms with van der Waals surface area (Å²) in [6.07, 6.45) is 7.63. The molecule has 4 fully saturated rings. The molecule has 3 N–H and O–H groups in total. The lowest BCUT2D eigenvalue weighted by Gasteiger charge is -2.56. The summed E-state index contributed by atoms with van der Waals surface area (Å²) in [5, 5.41) is 19.6. The summed E-state index contributed by atoms with van der Waals surface area (Å²) < 4.78 is 0. The van der Waals surface area contributed by atoms with Gasteiger partial charge in [-0.2, -0.15) is 5.21 Å². The van der Waals surface area contributed by atoms with Crippen LogP contribution in [0, 0.1) is 17.8 Å².